The Labute approximate surface area is 273 Å². The number of fused-ring (bicyclic) bond motifs is 2. The molecule has 10 atom stereocenters. The van der Waals surface area contributed by atoms with E-state index in [4.69, 9.17) is 18.9 Å². The molecule has 0 aliphatic carbocycles. The number of hydrogen-bond acceptors (Lipinski definition) is 13. The van der Waals surface area contributed by atoms with E-state index in [1.807, 2.05) is 48.5 Å². The molecule has 0 saturated carbocycles. The van der Waals surface area contributed by atoms with Crippen molar-refractivity contribution < 1.29 is 59.2 Å². The van der Waals surface area contributed by atoms with Crippen LogP contribution in [0.2, 0.25) is 0 Å². The maximum Gasteiger partial charge on any atom is 0.338 e. The number of ether oxygens (including phenoxy) is 4. The van der Waals surface area contributed by atoms with Gasteiger partial charge in [-0.25, -0.2) is 9.59 Å². The molecule has 2 aliphatic rings. The minimum absolute atomic E-state index is 0.168. The van der Waals surface area contributed by atoms with Crippen molar-refractivity contribution in [2.75, 3.05) is 13.2 Å². The van der Waals surface area contributed by atoms with Crippen LogP contribution < -0.4 is 0 Å². The van der Waals surface area contributed by atoms with Crippen molar-refractivity contribution >= 4 is 45.2 Å². The summed E-state index contributed by atoms with van der Waals surface area (Å²) in [4.78, 5) is 26.2. The van der Waals surface area contributed by atoms with E-state index in [1.165, 1.54) is 0 Å². The molecular weight excluding hydrogens is 632 g/mol. The Kier molecular flexibility index (Phi) is 10.1. The van der Waals surface area contributed by atoms with Crippen LogP contribution in [0.15, 0.2) is 84.9 Å². The smallest absolute Gasteiger partial charge is 0.338 e. The van der Waals surface area contributed by atoms with Gasteiger partial charge in [-0.2, -0.15) is 0 Å². The van der Waals surface area contributed by atoms with Crippen LogP contribution in [0.4, 0.5) is 0 Å². The van der Waals surface area contributed by atoms with Gasteiger partial charge in [0.15, 0.2) is 12.2 Å². The molecule has 2 saturated heterocycles. The lowest BCUT2D eigenvalue weighted by molar-refractivity contribution is -0.215. The van der Waals surface area contributed by atoms with Gasteiger partial charge in [0.25, 0.3) is 0 Å². The zero-order valence-electron chi connectivity index (χ0n) is 24.8. The molecule has 12 nitrogen and oxygen atoms in total. The molecule has 0 amide bonds. The summed E-state index contributed by atoms with van der Waals surface area (Å²) >= 11 is 0.686. The van der Waals surface area contributed by atoms with Crippen LogP contribution in [-0.4, -0.2) is 115 Å². The van der Waals surface area contributed by atoms with Gasteiger partial charge < -0.3 is 49.6 Å². The zero-order valence-corrected chi connectivity index (χ0v) is 25.6. The SMILES string of the molecule is O=C(OC1C(O)C(CO)OC(SC2OC(CO)[C@H](O)C(OC(=O)c3ccc4ccccc4c3)C2O)C1O)c1ccc2ccccc2c1. The summed E-state index contributed by atoms with van der Waals surface area (Å²) in [5.41, 5.74) is -2.37. The van der Waals surface area contributed by atoms with Crippen molar-refractivity contribution in [1.82, 2.24) is 0 Å². The number of aliphatic hydroxyl groups excluding tert-OH is 6. The fourth-order valence-electron chi connectivity index (χ4n) is 5.76. The van der Waals surface area contributed by atoms with Crippen LogP contribution >= 0.6 is 11.8 Å². The second kappa shape index (κ2) is 14.2. The molecule has 4 aromatic carbocycles. The summed E-state index contributed by atoms with van der Waals surface area (Å²) in [7, 11) is 0. The van der Waals surface area contributed by atoms with Crippen molar-refractivity contribution in [3.05, 3.63) is 96.1 Å². The Balaban J connectivity index is 1.18. The largest absolute Gasteiger partial charge is 0.453 e. The van der Waals surface area contributed by atoms with E-state index >= 15 is 0 Å². The number of esters is 2. The molecule has 0 spiro atoms. The van der Waals surface area contributed by atoms with Gasteiger partial charge in [-0.3, -0.25) is 0 Å². The third-order valence-electron chi connectivity index (χ3n) is 8.37. The molecule has 6 rings (SSSR count). The highest BCUT2D eigenvalue weighted by Gasteiger charge is 2.52. The van der Waals surface area contributed by atoms with Gasteiger partial charge in [0.2, 0.25) is 0 Å². The number of carbonyl (C=O) groups excluding carboxylic acids is 2. The second-order valence-corrected chi connectivity index (χ2v) is 12.6. The average molecular weight is 667 g/mol. The molecule has 248 valence electrons. The van der Waals surface area contributed by atoms with Gasteiger partial charge in [0, 0.05) is 0 Å². The van der Waals surface area contributed by atoms with E-state index < -0.39 is 84.9 Å². The first-order valence-corrected chi connectivity index (χ1v) is 15.9. The maximum atomic E-state index is 13.1. The van der Waals surface area contributed by atoms with Gasteiger partial charge in [0.1, 0.15) is 47.5 Å². The number of benzene rings is 4. The predicted octanol–water partition coefficient (Wildman–Crippen LogP) is 1.36. The third-order valence-corrected chi connectivity index (χ3v) is 9.68. The highest BCUT2D eigenvalue weighted by atomic mass is 32.2. The highest BCUT2D eigenvalue weighted by Crippen LogP contribution is 2.38. The van der Waals surface area contributed by atoms with Crippen LogP contribution in [0.3, 0.4) is 0 Å². The maximum absolute atomic E-state index is 13.1. The van der Waals surface area contributed by atoms with Crippen molar-refractivity contribution in [3.8, 4) is 0 Å². The fourth-order valence-corrected chi connectivity index (χ4v) is 7.07. The number of aliphatic hydroxyl groups is 6. The molecule has 0 aromatic heterocycles. The number of rotatable bonds is 8. The average Bonchev–Trinajstić information content (AvgIpc) is 3.10. The quantitative estimate of drug-likeness (QED) is 0.148. The first-order chi connectivity index (χ1) is 22.7. The Morgan fingerprint density at radius 1 is 0.574 bits per heavy atom. The van der Waals surface area contributed by atoms with Crippen molar-refractivity contribution in [1.29, 1.82) is 0 Å². The van der Waals surface area contributed by atoms with E-state index in [2.05, 4.69) is 0 Å². The summed E-state index contributed by atoms with van der Waals surface area (Å²) < 4.78 is 22.5. The number of hydrogen-bond donors (Lipinski definition) is 6. The lowest BCUT2D eigenvalue weighted by atomic mass is 9.99. The summed E-state index contributed by atoms with van der Waals surface area (Å²) in [6, 6.07) is 24.5. The van der Waals surface area contributed by atoms with Gasteiger partial charge >= 0.3 is 11.9 Å². The van der Waals surface area contributed by atoms with E-state index in [9.17, 15) is 40.2 Å². The van der Waals surface area contributed by atoms with Gasteiger partial charge in [-0.15, -0.1) is 0 Å². The van der Waals surface area contributed by atoms with E-state index in [0.717, 1.165) is 21.5 Å². The molecule has 4 aromatic rings. The molecule has 0 bridgehead atoms. The molecular formula is C34H34O12S. The van der Waals surface area contributed by atoms with Crippen molar-refractivity contribution in [3.63, 3.8) is 0 Å². The monoisotopic (exact) mass is 666 g/mol. The third kappa shape index (κ3) is 6.85. The molecule has 2 fully saturated rings. The topological polar surface area (TPSA) is 192 Å². The van der Waals surface area contributed by atoms with Crippen LogP contribution in [0, 0.1) is 0 Å². The predicted molar refractivity (Wildman–Crippen MR) is 169 cm³/mol. The van der Waals surface area contributed by atoms with Gasteiger partial charge in [0.05, 0.1) is 24.3 Å². The molecule has 2 heterocycles. The van der Waals surface area contributed by atoms with Crippen LogP contribution in [0.1, 0.15) is 20.7 Å². The van der Waals surface area contributed by atoms with Crippen molar-refractivity contribution in [2.24, 2.45) is 0 Å². The molecule has 47 heavy (non-hydrogen) atoms. The van der Waals surface area contributed by atoms with Crippen LogP contribution in [-0.2, 0) is 18.9 Å². The molecule has 0 radical (unpaired) electrons. The lowest BCUT2D eigenvalue weighted by Crippen LogP contribution is -2.62. The molecule has 13 heteroatoms. The van der Waals surface area contributed by atoms with E-state index in [-0.39, 0.29) is 11.1 Å². The summed E-state index contributed by atoms with van der Waals surface area (Å²) in [5, 5.41) is 67.3. The van der Waals surface area contributed by atoms with Gasteiger partial charge in [-0.05, 0) is 45.8 Å². The zero-order chi connectivity index (χ0) is 33.2. The molecule has 9 unspecified atom stereocenters. The Morgan fingerprint density at radius 3 is 1.34 bits per heavy atom. The Morgan fingerprint density at radius 2 is 0.957 bits per heavy atom. The summed E-state index contributed by atoms with van der Waals surface area (Å²) in [5.74, 6) is -1.67. The minimum Gasteiger partial charge on any atom is -0.453 e. The van der Waals surface area contributed by atoms with E-state index in [0.29, 0.717) is 11.8 Å². The highest BCUT2D eigenvalue weighted by molar-refractivity contribution is 8.00. The van der Waals surface area contributed by atoms with Crippen molar-refractivity contribution in [2.45, 2.75) is 59.7 Å². The number of carbonyl (C=O) groups is 2. The lowest BCUT2D eigenvalue weighted by Gasteiger charge is -2.45. The normalized spacial score (nSPS) is 31.0. The van der Waals surface area contributed by atoms with Gasteiger partial charge in [-0.1, -0.05) is 72.4 Å². The summed E-state index contributed by atoms with van der Waals surface area (Å²) in [6.07, 6.45) is -12.3. The first kappa shape index (κ1) is 33.3. The standard InChI is InChI=1S/C34H34O12S/c35-15-23-25(37)29(45-31(41)21-11-9-17-5-1-3-7-19(17)13-21)27(39)33(43-23)47-34-28(40)30(26(38)24(16-36)44-34)46-32(42)22-12-10-18-6-2-4-8-20(18)14-22/h1-14,23-30,33-40H,15-16H2/t23?,24?,25-,26?,27?,28?,29?,30?,33?,34?/m0/s1. The van der Waals surface area contributed by atoms with Crippen LogP contribution in [0.25, 0.3) is 21.5 Å². The van der Waals surface area contributed by atoms with E-state index in [1.54, 1.807) is 36.4 Å². The second-order valence-electron chi connectivity index (χ2n) is 11.4. The number of thioether (sulfide) groups is 1. The van der Waals surface area contributed by atoms with Crippen LogP contribution in [0.5, 0.6) is 0 Å². The Bertz CT molecular complexity index is 1610. The fraction of sp³-hybridized carbons (Fsp3) is 0.353. The summed E-state index contributed by atoms with van der Waals surface area (Å²) in [6.45, 7) is -1.40. The molecule has 6 N–H and O–H groups in total. The first-order valence-electron chi connectivity index (χ1n) is 15.0. The molecule has 2 aliphatic heterocycles. The minimum atomic E-state index is -1.68. The Hall–Kier alpha value is -3.63.